The molecule has 94 valence electrons. The van der Waals surface area contributed by atoms with E-state index in [9.17, 15) is 4.79 Å². The molecule has 0 N–H and O–H groups in total. The predicted molar refractivity (Wildman–Crippen MR) is 73.3 cm³/mol. The Bertz CT molecular complexity index is 404. The molecule has 0 radical (unpaired) electrons. The van der Waals surface area contributed by atoms with Crippen LogP contribution in [0.25, 0.3) is 0 Å². The first kappa shape index (κ1) is 14.0. The lowest BCUT2D eigenvalue weighted by atomic mass is 10.1. The van der Waals surface area contributed by atoms with Crippen LogP contribution in [0.4, 0.5) is 5.69 Å². The minimum Gasteiger partial charge on any atom is -0.373 e. The third kappa shape index (κ3) is 4.02. The minimum atomic E-state index is -0.00232. The van der Waals surface area contributed by atoms with Crippen LogP contribution in [0.3, 0.4) is 0 Å². The van der Waals surface area contributed by atoms with Crippen LogP contribution in [-0.2, 0) is 0 Å². The molecule has 1 rings (SSSR count). The van der Waals surface area contributed by atoms with Crippen molar-refractivity contribution in [3.8, 4) is 0 Å². The maximum absolute atomic E-state index is 11.3. The van der Waals surface area contributed by atoms with Gasteiger partial charge in [-0.3, -0.25) is 4.79 Å². The van der Waals surface area contributed by atoms with E-state index in [1.165, 1.54) is 6.92 Å². The van der Waals surface area contributed by atoms with Crippen molar-refractivity contribution in [3.05, 3.63) is 28.8 Å². The summed E-state index contributed by atoms with van der Waals surface area (Å²) in [5.41, 5.74) is 1.61. The monoisotopic (exact) mass is 254 g/mol. The predicted octanol–water partition coefficient (Wildman–Crippen LogP) is 2.54. The van der Waals surface area contributed by atoms with Gasteiger partial charge in [-0.15, -0.1) is 0 Å². The standard InChI is InChI=1S/C13H19ClN2O/c1-10(17)12-6-5-11(9-13(12)14)16(4)8-7-15(2)3/h5-6,9H,7-8H2,1-4H3. The van der Waals surface area contributed by atoms with Crippen LogP contribution in [0.1, 0.15) is 17.3 Å². The van der Waals surface area contributed by atoms with Crippen LogP contribution in [0.2, 0.25) is 5.02 Å². The highest BCUT2D eigenvalue weighted by atomic mass is 35.5. The van der Waals surface area contributed by atoms with E-state index in [-0.39, 0.29) is 5.78 Å². The van der Waals surface area contributed by atoms with Gasteiger partial charge in [0.2, 0.25) is 0 Å². The number of rotatable bonds is 5. The highest BCUT2D eigenvalue weighted by Gasteiger charge is 2.08. The first-order valence-corrected chi connectivity index (χ1v) is 5.96. The van der Waals surface area contributed by atoms with Crippen LogP contribution in [0, 0.1) is 0 Å². The lowest BCUT2D eigenvalue weighted by Crippen LogP contribution is -2.28. The van der Waals surface area contributed by atoms with Crippen molar-refractivity contribution < 1.29 is 4.79 Å². The normalized spacial score (nSPS) is 10.7. The van der Waals surface area contributed by atoms with Crippen LogP contribution < -0.4 is 4.90 Å². The van der Waals surface area contributed by atoms with Gasteiger partial charge in [-0.25, -0.2) is 0 Å². The van der Waals surface area contributed by atoms with Gasteiger partial charge in [0.25, 0.3) is 0 Å². The van der Waals surface area contributed by atoms with Gasteiger partial charge in [0, 0.05) is 31.4 Å². The first-order valence-electron chi connectivity index (χ1n) is 5.58. The first-order chi connectivity index (χ1) is 7.91. The van der Waals surface area contributed by atoms with Gasteiger partial charge in [-0.2, -0.15) is 0 Å². The summed E-state index contributed by atoms with van der Waals surface area (Å²) in [5, 5.41) is 0.520. The Morgan fingerprint density at radius 1 is 1.24 bits per heavy atom. The van der Waals surface area contributed by atoms with Gasteiger partial charge in [-0.1, -0.05) is 11.6 Å². The number of Topliss-reactive ketones (excluding diaryl/α,β-unsaturated/α-hetero) is 1. The van der Waals surface area contributed by atoms with E-state index in [4.69, 9.17) is 11.6 Å². The van der Waals surface area contributed by atoms with E-state index in [1.807, 2.05) is 33.3 Å². The average Bonchev–Trinajstić information content (AvgIpc) is 2.25. The number of carbonyl (C=O) groups excluding carboxylic acids is 1. The molecule has 0 fully saturated rings. The van der Waals surface area contributed by atoms with Gasteiger partial charge in [-0.05, 0) is 39.2 Å². The zero-order chi connectivity index (χ0) is 13.0. The molecule has 0 unspecified atom stereocenters. The molecule has 1 aromatic carbocycles. The van der Waals surface area contributed by atoms with E-state index in [1.54, 1.807) is 6.07 Å². The van der Waals surface area contributed by atoms with Crippen molar-refractivity contribution in [3.63, 3.8) is 0 Å². The fraction of sp³-hybridized carbons (Fsp3) is 0.462. The van der Waals surface area contributed by atoms with Crippen LogP contribution in [-0.4, -0.2) is 44.9 Å². The lowest BCUT2D eigenvalue weighted by molar-refractivity contribution is 0.101. The Kier molecular flexibility index (Phi) is 4.97. The summed E-state index contributed by atoms with van der Waals surface area (Å²) >= 11 is 6.07. The second-order valence-corrected chi connectivity index (χ2v) is 4.85. The molecule has 0 bridgehead atoms. The SMILES string of the molecule is CC(=O)c1ccc(N(C)CCN(C)C)cc1Cl. The van der Waals surface area contributed by atoms with Crippen LogP contribution in [0.5, 0.6) is 0 Å². The van der Waals surface area contributed by atoms with Crippen LogP contribution >= 0.6 is 11.6 Å². The third-order valence-electron chi connectivity index (χ3n) is 2.66. The second-order valence-electron chi connectivity index (χ2n) is 4.45. The summed E-state index contributed by atoms with van der Waals surface area (Å²) in [6.07, 6.45) is 0. The fourth-order valence-corrected chi connectivity index (χ4v) is 1.81. The molecule has 0 spiro atoms. The lowest BCUT2D eigenvalue weighted by Gasteiger charge is -2.22. The van der Waals surface area contributed by atoms with Gasteiger partial charge in [0.15, 0.2) is 5.78 Å². The summed E-state index contributed by atoms with van der Waals surface area (Å²) in [6.45, 7) is 3.42. The fourth-order valence-electron chi connectivity index (χ4n) is 1.51. The van der Waals surface area contributed by atoms with E-state index in [0.29, 0.717) is 10.6 Å². The number of hydrogen-bond donors (Lipinski definition) is 0. The molecule has 0 aliphatic carbocycles. The number of halogens is 1. The van der Waals surface area contributed by atoms with Crippen molar-refractivity contribution in [2.45, 2.75) is 6.92 Å². The Balaban J connectivity index is 2.79. The minimum absolute atomic E-state index is 0.00232. The maximum Gasteiger partial charge on any atom is 0.161 e. The molecule has 0 heterocycles. The number of carbonyl (C=O) groups is 1. The van der Waals surface area contributed by atoms with E-state index < -0.39 is 0 Å². The van der Waals surface area contributed by atoms with E-state index >= 15 is 0 Å². The molecular weight excluding hydrogens is 236 g/mol. The summed E-state index contributed by atoms with van der Waals surface area (Å²) in [5.74, 6) is -0.00232. The van der Waals surface area contributed by atoms with E-state index in [2.05, 4.69) is 9.80 Å². The molecule has 0 saturated heterocycles. The second kappa shape index (κ2) is 6.03. The van der Waals surface area contributed by atoms with Crippen molar-refractivity contribution >= 4 is 23.1 Å². The number of anilines is 1. The number of benzene rings is 1. The molecule has 1 aromatic rings. The van der Waals surface area contributed by atoms with Crippen molar-refractivity contribution in [2.75, 3.05) is 39.1 Å². The molecule has 0 aliphatic heterocycles. The molecule has 0 atom stereocenters. The largest absolute Gasteiger partial charge is 0.373 e. The summed E-state index contributed by atoms with van der Waals surface area (Å²) < 4.78 is 0. The highest BCUT2D eigenvalue weighted by Crippen LogP contribution is 2.23. The van der Waals surface area contributed by atoms with Crippen LogP contribution in [0.15, 0.2) is 18.2 Å². The average molecular weight is 255 g/mol. The summed E-state index contributed by atoms with van der Waals surface area (Å²) in [6, 6.07) is 5.55. The van der Waals surface area contributed by atoms with Gasteiger partial charge < -0.3 is 9.80 Å². The zero-order valence-electron chi connectivity index (χ0n) is 10.8. The number of hydrogen-bond acceptors (Lipinski definition) is 3. The summed E-state index contributed by atoms with van der Waals surface area (Å²) in [7, 11) is 6.10. The van der Waals surface area contributed by atoms with Gasteiger partial charge in [0.1, 0.15) is 0 Å². The molecule has 0 amide bonds. The number of likely N-dealkylation sites (N-methyl/N-ethyl adjacent to an activating group) is 2. The molecule has 4 heteroatoms. The summed E-state index contributed by atoms with van der Waals surface area (Å²) in [4.78, 5) is 15.5. The smallest absolute Gasteiger partial charge is 0.161 e. The molecule has 0 aliphatic rings. The Labute approximate surface area is 108 Å². The van der Waals surface area contributed by atoms with E-state index in [0.717, 1.165) is 18.8 Å². The van der Waals surface area contributed by atoms with Gasteiger partial charge >= 0.3 is 0 Å². The third-order valence-corrected chi connectivity index (χ3v) is 2.97. The Morgan fingerprint density at radius 3 is 2.35 bits per heavy atom. The molecule has 0 saturated carbocycles. The quantitative estimate of drug-likeness (QED) is 0.755. The molecule has 17 heavy (non-hydrogen) atoms. The van der Waals surface area contributed by atoms with Crippen molar-refractivity contribution in [1.82, 2.24) is 4.90 Å². The van der Waals surface area contributed by atoms with Gasteiger partial charge in [0.05, 0.1) is 5.02 Å². The maximum atomic E-state index is 11.3. The zero-order valence-corrected chi connectivity index (χ0v) is 11.6. The Morgan fingerprint density at radius 2 is 1.88 bits per heavy atom. The Hall–Kier alpha value is -1.06. The van der Waals surface area contributed by atoms with Crippen molar-refractivity contribution in [1.29, 1.82) is 0 Å². The topological polar surface area (TPSA) is 23.6 Å². The number of ketones is 1. The van der Waals surface area contributed by atoms with Crippen molar-refractivity contribution in [2.24, 2.45) is 0 Å². The highest BCUT2D eigenvalue weighted by molar-refractivity contribution is 6.34. The molecular formula is C13H19ClN2O. The number of nitrogens with zero attached hydrogens (tertiary/aromatic N) is 2. The molecule has 0 aromatic heterocycles. The molecule has 3 nitrogen and oxygen atoms in total.